The van der Waals surface area contributed by atoms with Crippen LogP contribution in [0.3, 0.4) is 0 Å². The van der Waals surface area contributed by atoms with E-state index in [1.54, 1.807) is 30.3 Å². The summed E-state index contributed by atoms with van der Waals surface area (Å²) in [6.45, 7) is 1.86. The van der Waals surface area contributed by atoms with Gasteiger partial charge in [-0.2, -0.15) is 0 Å². The summed E-state index contributed by atoms with van der Waals surface area (Å²) in [6.07, 6.45) is 0.0518. The molecule has 0 aromatic heterocycles. The Labute approximate surface area is 139 Å². The summed E-state index contributed by atoms with van der Waals surface area (Å²) in [5.41, 5.74) is 1.68. The van der Waals surface area contributed by atoms with Crippen molar-refractivity contribution in [1.29, 1.82) is 0 Å². The summed E-state index contributed by atoms with van der Waals surface area (Å²) in [5.74, 6) is -1.14. The Balaban J connectivity index is 1.92. The van der Waals surface area contributed by atoms with Gasteiger partial charge in [0.1, 0.15) is 0 Å². The second-order valence-corrected chi connectivity index (χ2v) is 5.10. The van der Waals surface area contributed by atoms with Crippen molar-refractivity contribution in [3.63, 3.8) is 0 Å². The third-order valence-electron chi connectivity index (χ3n) is 3.36. The number of methoxy groups -OCH3 is 1. The fraction of sp³-hybridized carbons (Fsp3) is 0.222. The molecule has 0 atom stereocenters. The zero-order chi connectivity index (χ0) is 17.5. The Bertz CT molecular complexity index is 746. The zero-order valence-corrected chi connectivity index (χ0v) is 13.5. The van der Waals surface area contributed by atoms with Gasteiger partial charge in [-0.05, 0) is 36.8 Å². The monoisotopic (exact) mass is 331 g/mol. The number of rotatable bonds is 6. The molecule has 0 heterocycles. The van der Waals surface area contributed by atoms with Gasteiger partial charge in [-0.25, -0.2) is 9.18 Å². The number of halogens is 1. The van der Waals surface area contributed by atoms with Crippen LogP contribution in [0.1, 0.15) is 22.3 Å². The quantitative estimate of drug-likeness (QED) is 0.825. The van der Waals surface area contributed by atoms with Crippen molar-refractivity contribution >= 4 is 17.6 Å². The highest BCUT2D eigenvalue weighted by atomic mass is 19.1. The minimum Gasteiger partial charge on any atom is -0.490 e. The van der Waals surface area contributed by atoms with Gasteiger partial charge in [-0.3, -0.25) is 4.79 Å². The Hall–Kier alpha value is -2.89. The lowest BCUT2D eigenvalue weighted by molar-refractivity contribution is -0.116. The normalized spacial score (nSPS) is 10.1. The molecule has 0 radical (unpaired) electrons. The summed E-state index contributed by atoms with van der Waals surface area (Å²) >= 11 is 0. The van der Waals surface area contributed by atoms with Crippen LogP contribution in [0, 0.1) is 12.7 Å². The van der Waals surface area contributed by atoms with Crippen molar-refractivity contribution in [3.8, 4) is 5.75 Å². The molecule has 1 N–H and O–H groups in total. The molecular formula is C18H18FNO4. The maximum Gasteiger partial charge on any atom is 0.337 e. The van der Waals surface area contributed by atoms with Crippen LogP contribution >= 0.6 is 0 Å². The third-order valence-corrected chi connectivity index (χ3v) is 3.36. The van der Waals surface area contributed by atoms with E-state index in [0.717, 1.165) is 5.56 Å². The van der Waals surface area contributed by atoms with Gasteiger partial charge in [-0.15, -0.1) is 0 Å². The molecular weight excluding hydrogens is 313 g/mol. The Morgan fingerprint density at radius 1 is 1.17 bits per heavy atom. The first-order valence-electron chi connectivity index (χ1n) is 7.37. The van der Waals surface area contributed by atoms with E-state index in [-0.39, 0.29) is 24.7 Å². The maximum absolute atomic E-state index is 13.4. The average molecular weight is 331 g/mol. The van der Waals surface area contributed by atoms with E-state index in [0.29, 0.717) is 11.3 Å². The molecule has 0 bridgehead atoms. The summed E-state index contributed by atoms with van der Waals surface area (Å²) in [5, 5.41) is 2.71. The number of ether oxygens (including phenoxy) is 2. The number of anilines is 1. The standard InChI is InChI=1S/C18H18FNO4/c1-12-7-8-13(18(22)23-2)11-15(12)20-17(21)9-10-24-16-6-4-3-5-14(16)19/h3-8,11H,9-10H2,1-2H3,(H,20,21). The predicted molar refractivity (Wildman–Crippen MR) is 87.7 cm³/mol. The minimum atomic E-state index is -0.478. The van der Waals surface area contributed by atoms with E-state index in [1.807, 2.05) is 6.92 Å². The van der Waals surface area contributed by atoms with Crippen molar-refractivity contribution in [2.45, 2.75) is 13.3 Å². The molecule has 2 rings (SSSR count). The van der Waals surface area contributed by atoms with Gasteiger partial charge in [0.05, 0.1) is 25.7 Å². The van der Waals surface area contributed by atoms with E-state index < -0.39 is 11.8 Å². The molecule has 6 heteroatoms. The predicted octanol–water partition coefficient (Wildman–Crippen LogP) is 3.33. The topological polar surface area (TPSA) is 64.6 Å². The largest absolute Gasteiger partial charge is 0.490 e. The summed E-state index contributed by atoms with van der Waals surface area (Å²) in [7, 11) is 1.29. The molecule has 1 amide bonds. The maximum atomic E-state index is 13.4. The van der Waals surface area contributed by atoms with Gasteiger partial charge in [0, 0.05) is 5.69 Å². The number of benzene rings is 2. The van der Waals surface area contributed by atoms with E-state index in [2.05, 4.69) is 10.1 Å². The molecule has 2 aromatic carbocycles. The van der Waals surface area contributed by atoms with Gasteiger partial charge in [0.15, 0.2) is 11.6 Å². The molecule has 5 nitrogen and oxygen atoms in total. The van der Waals surface area contributed by atoms with Gasteiger partial charge < -0.3 is 14.8 Å². The number of aryl methyl sites for hydroxylation is 1. The van der Waals surface area contributed by atoms with Crippen molar-refractivity contribution in [3.05, 3.63) is 59.4 Å². The molecule has 0 aliphatic heterocycles. The number of carbonyl (C=O) groups excluding carboxylic acids is 2. The zero-order valence-electron chi connectivity index (χ0n) is 13.5. The van der Waals surface area contributed by atoms with Crippen LogP contribution in [-0.2, 0) is 9.53 Å². The van der Waals surface area contributed by atoms with Gasteiger partial charge in [0.2, 0.25) is 5.91 Å². The van der Waals surface area contributed by atoms with E-state index in [1.165, 1.54) is 19.2 Å². The number of nitrogens with one attached hydrogen (secondary N) is 1. The lowest BCUT2D eigenvalue weighted by Gasteiger charge is -2.11. The first-order chi connectivity index (χ1) is 11.5. The van der Waals surface area contributed by atoms with Crippen LogP contribution in [0.2, 0.25) is 0 Å². The van der Waals surface area contributed by atoms with E-state index >= 15 is 0 Å². The van der Waals surface area contributed by atoms with E-state index in [9.17, 15) is 14.0 Å². The summed E-state index contributed by atoms with van der Waals surface area (Å²) in [4.78, 5) is 23.5. The number of esters is 1. The second kappa shape index (κ2) is 8.10. The second-order valence-electron chi connectivity index (χ2n) is 5.10. The van der Waals surface area contributed by atoms with Crippen molar-refractivity contribution < 1.29 is 23.5 Å². The first kappa shape index (κ1) is 17.5. The lowest BCUT2D eigenvalue weighted by atomic mass is 10.1. The van der Waals surface area contributed by atoms with Crippen LogP contribution in [0.4, 0.5) is 10.1 Å². The van der Waals surface area contributed by atoms with E-state index in [4.69, 9.17) is 4.74 Å². The van der Waals surface area contributed by atoms with Crippen LogP contribution < -0.4 is 10.1 Å². The number of amides is 1. The molecule has 0 fully saturated rings. The number of hydrogen-bond donors (Lipinski definition) is 1. The minimum absolute atomic E-state index is 0.0442. The molecule has 0 saturated carbocycles. The highest BCUT2D eigenvalue weighted by Crippen LogP contribution is 2.18. The van der Waals surface area contributed by atoms with Crippen molar-refractivity contribution in [2.24, 2.45) is 0 Å². The molecule has 0 saturated heterocycles. The van der Waals surface area contributed by atoms with Crippen LogP contribution in [0.25, 0.3) is 0 Å². The smallest absolute Gasteiger partial charge is 0.337 e. The molecule has 126 valence electrons. The summed E-state index contributed by atoms with van der Waals surface area (Å²) < 4.78 is 23.3. The highest BCUT2D eigenvalue weighted by Gasteiger charge is 2.11. The van der Waals surface area contributed by atoms with Crippen LogP contribution in [0.15, 0.2) is 42.5 Å². The number of para-hydroxylation sites is 1. The number of hydrogen-bond acceptors (Lipinski definition) is 4. The highest BCUT2D eigenvalue weighted by molar-refractivity contribution is 5.95. The molecule has 24 heavy (non-hydrogen) atoms. The van der Waals surface area contributed by atoms with Gasteiger partial charge in [0.25, 0.3) is 0 Å². The molecule has 2 aromatic rings. The Morgan fingerprint density at radius 2 is 1.92 bits per heavy atom. The Morgan fingerprint density at radius 3 is 2.62 bits per heavy atom. The molecule has 0 aliphatic rings. The van der Waals surface area contributed by atoms with Crippen LogP contribution in [-0.4, -0.2) is 25.6 Å². The molecule has 0 aliphatic carbocycles. The third kappa shape index (κ3) is 4.55. The SMILES string of the molecule is COC(=O)c1ccc(C)c(NC(=O)CCOc2ccccc2F)c1. The van der Waals surface area contributed by atoms with Crippen LogP contribution in [0.5, 0.6) is 5.75 Å². The average Bonchev–Trinajstić information content (AvgIpc) is 2.58. The Kier molecular flexibility index (Phi) is 5.89. The first-order valence-corrected chi connectivity index (χ1v) is 7.37. The van der Waals surface area contributed by atoms with Gasteiger partial charge >= 0.3 is 5.97 Å². The number of carbonyl (C=O) groups is 2. The lowest BCUT2D eigenvalue weighted by Crippen LogP contribution is -2.16. The fourth-order valence-electron chi connectivity index (χ4n) is 2.03. The summed E-state index contributed by atoms with van der Waals surface area (Å²) in [6, 6.07) is 10.9. The molecule has 0 spiro atoms. The van der Waals surface area contributed by atoms with Gasteiger partial charge in [-0.1, -0.05) is 18.2 Å². The molecule has 0 unspecified atom stereocenters. The van der Waals surface area contributed by atoms with Crippen molar-refractivity contribution in [2.75, 3.05) is 19.0 Å². The van der Waals surface area contributed by atoms with Crippen molar-refractivity contribution in [1.82, 2.24) is 0 Å². The fourth-order valence-corrected chi connectivity index (χ4v) is 2.03.